The molecule has 0 radical (unpaired) electrons. The number of ketones is 3. The van der Waals surface area contributed by atoms with Gasteiger partial charge in [-0.05, 0) is 49.7 Å². The highest BCUT2D eigenvalue weighted by Gasteiger charge is 2.16. The summed E-state index contributed by atoms with van der Waals surface area (Å²) >= 11 is 0. The molecule has 0 N–H and O–H groups in total. The first kappa shape index (κ1) is 23.7. The van der Waals surface area contributed by atoms with E-state index in [1.54, 1.807) is 6.92 Å². The highest BCUT2D eigenvalue weighted by atomic mass is 16.1. The minimum Gasteiger partial charge on any atom is -0.300 e. The first-order chi connectivity index (χ1) is 14.5. The van der Waals surface area contributed by atoms with Crippen LogP contribution in [0.15, 0.2) is 60.7 Å². The van der Waals surface area contributed by atoms with Gasteiger partial charge in [0.05, 0.1) is 0 Å². The molecule has 0 fully saturated rings. The minimum absolute atomic E-state index is 0.217. The smallest absolute Gasteiger partial charge is 0.137 e. The predicted molar refractivity (Wildman–Crippen MR) is 122 cm³/mol. The van der Waals surface area contributed by atoms with E-state index in [-0.39, 0.29) is 23.3 Å². The zero-order valence-electron chi connectivity index (χ0n) is 18.1. The Labute approximate surface area is 180 Å². The van der Waals surface area contributed by atoms with Crippen molar-refractivity contribution in [2.24, 2.45) is 0 Å². The first-order valence-electron chi connectivity index (χ1n) is 11.2. The number of carbonyl (C=O) groups is 3. The van der Waals surface area contributed by atoms with Gasteiger partial charge in [-0.1, -0.05) is 67.1 Å². The van der Waals surface area contributed by atoms with Crippen LogP contribution in [0.4, 0.5) is 0 Å². The predicted octanol–water partition coefficient (Wildman–Crippen LogP) is 6.25. The largest absolute Gasteiger partial charge is 0.300 e. The zero-order valence-corrected chi connectivity index (χ0v) is 18.1. The van der Waals surface area contributed by atoms with Crippen molar-refractivity contribution in [3.63, 3.8) is 0 Å². The van der Waals surface area contributed by atoms with Gasteiger partial charge in [0.1, 0.15) is 17.3 Å². The van der Waals surface area contributed by atoms with Gasteiger partial charge in [-0.3, -0.25) is 9.59 Å². The molecule has 0 aliphatic heterocycles. The first-order valence-corrected chi connectivity index (χ1v) is 11.2. The Balaban J connectivity index is 1.79. The average molecular weight is 407 g/mol. The second-order valence-electron chi connectivity index (χ2n) is 8.19. The number of unbranched alkanes of at least 4 members (excludes halogenated alkanes) is 2. The van der Waals surface area contributed by atoms with Crippen LogP contribution in [-0.2, 0) is 20.8 Å². The van der Waals surface area contributed by atoms with Crippen LogP contribution >= 0.6 is 0 Å². The van der Waals surface area contributed by atoms with Crippen LogP contribution in [0.25, 0.3) is 0 Å². The normalized spacial score (nSPS) is 11.8. The molecule has 1 unspecified atom stereocenters. The fraction of sp³-hybridized carbons (Fsp3) is 0.444. The van der Waals surface area contributed by atoms with Gasteiger partial charge in [0.25, 0.3) is 0 Å². The lowest BCUT2D eigenvalue weighted by atomic mass is 9.87. The second-order valence-corrected chi connectivity index (χ2v) is 8.19. The maximum absolute atomic E-state index is 12.4. The Morgan fingerprint density at radius 2 is 1.23 bits per heavy atom. The third kappa shape index (κ3) is 9.78. The summed E-state index contributed by atoms with van der Waals surface area (Å²) in [6.45, 7) is 1.61. The Kier molecular flexibility index (Phi) is 10.8. The van der Waals surface area contributed by atoms with Crippen LogP contribution in [0.2, 0.25) is 0 Å². The van der Waals surface area contributed by atoms with Crippen LogP contribution in [-0.4, -0.2) is 17.3 Å². The van der Waals surface area contributed by atoms with Crippen molar-refractivity contribution in [1.29, 1.82) is 0 Å². The summed E-state index contributed by atoms with van der Waals surface area (Å²) in [5.74, 6) is 0.981. The summed E-state index contributed by atoms with van der Waals surface area (Å²) in [6.07, 6.45) is 7.00. The van der Waals surface area contributed by atoms with Crippen molar-refractivity contribution in [1.82, 2.24) is 0 Å². The molecule has 2 rings (SSSR count). The lowest BCUT2D eigenvalue weighted by Gasteiger charge is -2.17. The molecule has 0 amide bonds. The summed E-state index contributed by atoms with van der Waals surface area (Å²) in [5.41, 5.74) is 2.26. The number of hydrogen-bond donors (Lipinski definition) is 0. The lowest BCUT2D eigenvalue weighted by Crippen LogP contribution is -2.09. The quantitative estimate of drug-likeness (QED) is 0.328. The molecule has 30 heavy (non-hydrogen) atoms. The molecule has 3 heteroatoms. The zero-order chi connectivity index (χ0) is 21.6. The molecular formula is C27H34O3. The van der Waals surface area contributed by atoms with E-state index in [1.807, 2.05) is 48.5 Å². The highest BCUT2D eigenvalue weighted by molar-refractivity contribution is 5.81. The molecule has 0 saturated heterocycles. The molecule has 2 aromatic rings. The molecule has 0 aliphatic carbocycles. The Bertz CT molecular complexity index is 780. The van der Waals surface area contributed by atoms with Crippen molar-refractivity contribution in [3.05, 3.63) is 71.8 Å². The third-order valence-corrected chi connectivity index (χ3v) is 5.54. The second kappa shape index (κ2) is 13.6. The molecule has 0 aliphatic rings. The van der Waals surface area contributed by atoms with Crippen molar-refractivity contribution in [2.45, 2.75) is 77.0 Å². The Morgan fingerprint density at radius 1 is 0.667 bits per heavy atom. The highest BCUT2D eigenvalue weighted by Crippen LogP contribution is 2.27. The van der Waals surface area contributed by atoms with Gasteiger partial charge >= 0.3 is 0 Å². The van der Waals surface area contributed by atoms with Gasteiger partial charge in [-0.2, -0.15) is 0 Å². The summed E-state index contributed by atoms with van der Waals surface area (Å²) in [6, 6.07) is 20.1. The third-order valence-electron chi connectivity index (χ3n) is 5.54. The molecule has 2 aromatic carbocycles. The van der Waals surface area contributed by atoms with Crippen molar-refractivity contribution >= 4 is 17.3 Å². The number of Topliss-reactive ketones (excluding diaryl/α,β-unsaturated/α-hetero) is 3. The van der Waals surface area contributed by atoms with E-state index in [2.05, 4.69) is 12.1 Å². The molecule has 0 aromatic heterocycles. The van der Waals surface area contributed by atoms with E-state index in [4.69, 9.17) is 0 Å². The molecule has 0 spiro atoms. The number of rotatable bonds is 15. The Morgan fingerprint density at radius 3 is 1.87 bits per heavy atom. The topological polar surface area (TPSA) is 51.2 Å². The monoisotopic (exact) mass is 406 g/mol. The van der Waals surface area contributed by atoms with Gasteiger partial charge in [-0.25, -0.2) is 0 Å². The summed E-state index contributed by atoms with van der Waals surface area (Å²) in [5, 5.41) is 0. The van der Waals surface area contributed by atoms with Gasteiger partial charge in [0.2, 0.25) is 0 Å². The van der Waals surface area contributed by atoms with Crippen LogP contribution < -0.4 is 0 Å². The van der Waals surface area contributed by atoms with E-state index in [1.165, 1.54) is 5.56 Å². The molecule has 160 valence electrons. The van der Waals surface area contributed by atoms with Gasteiger partial charge in [0, 0.05) is 32.1 Å². The number of carbonyl (C=O) groups excluding carboxylic acids is 3. The van der Waals surface area contributed by atoms with Crippen LogP contribution in [0.1, 0.15) is 81.8 Å². The molecule has 0 bridgehead atoms. The SMILES string of the molecule is CC(=O)CCCCCC(=O)CCC(CCC(=O)Cc1ccccc1)c1ccccc1. The fourth-order valence-corrected chi connectivity index (χ4v) is 3.78. The molecule has 3 nitrogen and oxygen atoms in total. The maximum atomic E-state index is 12.4. The van der Waals surface area contributed by atoms with Gasteiger partial charge < -0.3 is 4.79 Å². The van der Waals surface area contributed by atoms with Crippen molar-refractivity contribution < 1.29 is 14.4 Å². The lowest BCUT2D eigenvalue weighted by molar-refractivity contribution is -0.119. The van der Waals surface area contributed by atoms with Gasteiger partial charge in [-0.15, -0.1) is 0 Å². The Hall–Kier alpha value is -2.55. The van der Waals surface area contributed by atoms with Crippen molar-refractivity contribution in [3.8, 4) is 0 Å². The van der Waals surface area contributed by atoms with Crippen LogP contribution in [0, 0.1) is 0 Å². The minimum atomic E-state index is 0.217. The van der Waals surface area contributed by atoms with Crippen molar-refractivity contribution in [2.75, 3.05) is 0 Å². The molecule has 0 heterocycles. The van der Waals surface area contributed by atoms with E-state index >= 15 is 0 Å². The van der Waals surface area contributed by atoms with E-state index in [0.29, 0.717) is 32.1 Å². The number of hydrogen-bond acceptors (Lipinski definition) is 3. The van der Waals surface area contributed by atoms with Crippen LogP contribution in [0.3, 0.4) is 0 Å². The molecule has 0 saturated carbocycles. The van der Waals surface area contributed by atoms with E-state index in [0.717, 1.165) is 37.7 Å². The van der Waals surface area contributed by atoms with Gasteiger partial charge in [0.15, 0.2) is 0 Å². The summed E-state index contributed by atoms with van der Waals surface area (Å²) < 4.78 is 0. The summed E-state index contributed by atoms with van der Waals surface area (Å²) in [4.78, 5) is 35.7. The molecule has 1 atom stereocenters. The number of benzene rings is 2. The van der Waals surface area contributed by atoms with E-state index in [9.17, 15) is 14.4 Å². The average Bonchev–Trinajstić information content (AvgIpc) is 2.74. The maximum Gasteiger partial charge on any atom is 0.137 e. The fourth-order valence-electron chi connectivity index (χ4n) is 3.78. The standard InChI is InChI=1S/C27H34O3/c1-22(28)11-5-2-10-16-26(29)19-17-25(24-14-8-4-9-15-24)18-20-27(30)21-23-12-6-3-7-13-23/h3-4,6-9,12-15,25H,2,5,10-11,16-21H2,1H3. The summed E-state index contributed by atoms with van der Waals surface area (Å²) in [7, 11) is 0. The van der Waals surface area contributed by atoms with E-state index < -0.39 is 0 Å². The molecular weight excluding hydrogens is 372 g/mol. The van der Waals surface area contributed by atoms with Crippen LogP contribution in [0.5, 0.6) is 0 Å².